The van der Waals surface area contributed by atoms with Crippen molar-refractivity contribution in [1.82, 2.24) is 0 Å². The summed E-state index contributed by atoms with van der Waals surface area (Å²) < 4.78 is 1.05. The van der Waals surface area contributed by atoms with E-state index < -0.39 is 0 Å². The van der Waals surface area contributed by atoms with Crippen molar-refractivity contribution >= 4 is 21.6 Å². The van der Waals surface area contributed by atoms with Crippen LogP contribution in [0.5, 0.6) is 0 Å². The molecule has 0 heterocycles. The van der Waals surface area contributed by atoms with Gasteiger partial charge in [-0.05, 0) is 69.6 Å². The maximum Gasteiger partial charge on any atom is 0.277 e. The van der Waals surface area contributed by atoms with Crippen molar-refractivity contribution in [2.45, 2.75) is 12.3 Å². The molecule has 36 heavy (non-hydrogen) atoms. The van der Waals surface area contributed by atoms with Gasteiger partial charge in [-0.3, -0.25) is 10.1 Å². The molecule has 0 fully saturated rings. The summed E-state index contributed by atoms with van der Waals surface area (Å²) in [5.41, 5.74) is 9.45. The first-order valence-corrected chi connectivity index (χ1v) is 12.6. The van der Waals surface area contributed by atoms with E-state index in [2.05, 4.69) is 102 Å². The van der Waals surface area contributed by atoms with Gasteiger partial charge in [0.1, 0.15) is 0 Å². The predicted molar refractivity (Wildman–Crippen MR) is 149 cm³/mol. The highest BCUT2D eigenvalue weighted by Gasteiger charge is 2.42. The van der Waals surface area contributed by atoms with Gasteiger partial charge in [-0.1, -0.05) is 107 Å². The zero-order valence-electron chi connectivity index (χ0n) is 19.6. The van der Waals surface area contributed by atoms with E-state index >= 15 is 0 Å². The number of hydrogen-bond donors (Lipinski definition) is 0. The lowest BCUT2D eigenvalue weighted by Gasteiger charge is -2.29. The van der Waals surface area contributed by atoms with Crippen molar-refractivity contribution in [3.05, 3.63) is 147 Å². The van der Waals surface area contributed by atoms with Crippen LogP contribution in [0.25, 0.3) is 33.4 Å². The zero-order valence-corrected chi connectivity index (χ0v) is 21.2. The molecular weight excluding hydrogens is 510 g/mol. The number of hydrogen-bond acceptors (Lipinski definition) is 2. The summed E-state index contributed by atoms with van der Waals surface area (Å²) in [6.45, 7) is 2.27. The van der Waals surface area contributed by atoms with Gasteiger partial charge in [0.2, 0.25) is 0 Å². The molecule has 1 aliphatic carbocycles. The van der Waals surface area contributed by atoms with E-state index in [1.807, 2.05) is 24.3 Å². The largest absolute Gasteiger partial charge is 0.277 e. The van der Waals surface area contributed by atoms with Gasteiger partial charge >= 0.3 is 0 Å². The van der Waals surface area contributed by atoms with Crippen molar-refractivity contribution in [2.24, 2.45) is 0 Å². The van der Waals surface area contributed by atoms with Crippen LogP contribution in [0.2, 0.25) is 0 Å². The van der Waals surface area contributed by atoms with Crippen molar-refractivity contribution in [3.8, 4) is 33.4 Å². The molecule has 0 aliphatic heterocycles. The third kappa shape index (κ3) is 3.41. The number of benzene rings is 5. The minimum Gasteiger partial charge on any atom is -0.258 e. The summed E-state index contributed by atoms with van der Waals surface area (Å²) >= 11 is 3.84. The molecule has 0 spiro atoms. The summed E-state index contributed by atoms with van der Waals surface area (Å²) in [4.78, 5) is 11.4. The number of rotatable bonds is 4. The third-order valence-corrected chi connectivity index (χ3v) is 8.00. The molecular formula is C32H22BrNO2. The fraction of sp³-hybridized carbons (Fsp3) is 0.0625. The molecule has 6 rings (SSSR count). The van der Waals surface area contributed by atoms with Gasteiger partial charge in [-0.25, -0.2) is 0 Å². The molecule has 1 unspecified atom stereocenters. The van der Waals surface area contributed by atoms with Crippen LogP contribution in [-0.2, 0) is 5.41 Å². The smallest absolute Gasteiger partial charge is 0.258 e. The summed E-state index contributed by atoms with van der Waals surface area (Å²) in [7, 11) is 0. The van der Waals surface area contributed by atoms with Gasteiger partial charge < -0.3 is 0 Å². The van der Waals surface area contributed by atoms with Crippen molar-refractivity contribution in [3.63, 3.8) is 0 Å². The number of para-hydroxylation sites is 1. The molecule has 1 aliphatic rings. The van der Waals surface area contributed by atoms with E-state index in [9.17, 15) is 10.1 Å². The van der Waals surface area contributed by atoms with E-state index in [4.69, 9.17) is 0 Å². The van der Waals surface area contributed by atoms with Gasteiger partial charge in [-0.15, -0.1) is 0 Å². The van der Waals surface area contributed by atoms with Crippen LogP contribution in [0.1, 0.15) is 23.6 Å². The minimum absolute atomic E-state index is 0.115. The maximum absolute atomic E-state index is 11.7. The number of halogens is 1. The Morgan fingerprint density at radius 3 is 2.06 bits per heavy atom. The van der Waals surface area contributed by atoms with Gasteiger partial charge in [0.05, 0.1) is 10.5 Å². The summed E-state index contributed by atoms with van der Waals surface area (Å²) in [5.74, 6) is 0. The maximum atomic E-state index is 11.7. The quantitative estimate of drug-likeness (QED) is 0.171. The topological polar surface area (TPSA) is 43.1 Å². The molecule has 4 heteroatoms. The average Bonchev–Trinajstić information content (AvgIpc) is 3.19. The summed E-state index contributed by atoms with van der Waals surface area (Å²) in [6.07, 6.45) is 0. The molecule has 0 saturated carbocycles. The first kappa shape index (κ1) is 22.4. The highest BCUT2D eigenvalue weighted by molar-refractivity contribution is 9.10. The fourth-order valence-corrected chi connectivity index (χ4v) is 6.33. The van der Waals surface area contributed by atoms with Gasteiger partial charge in [-0.2, -0.15) is 0 Å². The molecule has 1 atom stereocenters. The number of nitrogens with zero attached hydrogens (tertiary/aromatic N) is 1. The molecule has 0 aromatic heterocycles. The Morgan fingerprint density at radius 2 is 1.31 bits per heavy atom. The fourth-order valence-electron chi connectivity index (χ4n) is 5.57. The van der Waals surface area contributed by atoms with Crippen molar-refractivity contribution in [1.29, 1.82) is 0 Å². The standard InChI is InChI=1S/C32H22BrNO2/c1-32(24-17-14-22(15-18-24)21-8-3-2-4-9-21)28-19-16-23(25-10-5-6-13-30(25)34(35)36)20-27(28)26-11-7-12-29(33)31(26)32/h2-20H,1H3. The van der Waals surface area contributed by atoms with E-state index in [0.717, 1.165) is 21.2 Å². The molecule has 0 amide bonds. The molecule has 0 N–H and O–H groups in total. The van der Waals surface area contributed by atoms with Crippen LogP contribution in [-0.4, -0.2) is 4.92 Å². The normalized spacial score (nSPS) is 15.8. The Labute approximate surface area is 218 Å². The Hall–Kier alpha value is -4.02. The number of nitro groups is 1. The lowest BCUT2D eigenvalue weighted by atomic mass is 9.74. The molecule has 0 bridgehead atoms. The van der Waals surface area contributed by atoms with Crippen molar-refractivity contribution < 1.29 is 4.92 Å². The molecule has 0 radical (unpaired) electrons. The molecule has 5 aromatic carbocycles. The van der Waals surface area contributed by atoms with E-state index in [-0.39, 0.29) is 16.0 Å². The van der Waals surface area contributed by atoms with Crippen LogP contribution >= 0.6 is 15.9 Å². The van der Waals surface area contributed by atoms with E-state index in [1.54, 1.807) is 12.1 Å². The van der Waals surface area contributed by atoms with Crippen LogP contribution in [0.15, 0.2) is 120 Å². The monoisotopic (exact) mass is 531 g/mol. The first-order chi connectivity index (χ1) is 17.5. The number of nitro benzene ring substituents is 1. The van der Waals surface area contributed by atoms with Crippen molar-refractivity contribution in [2.75, 3.05) is 0 Å². The summed E-state index contributed by atoms with van der Waals surface area (Å²) in [6, 6.07) is 38.7. The Bertz CT molecular complexity index is 1630. The predicted octanol–water partition coefficient (Wildman–Crippen LogP) is 9.03. The molecule has 174 valence electrons. The first-order valence-electron chi connectivity index (χ1n) is 11.8. The SMILES string of the molecule is CC1(c2ccc(-c3ccccc3)cc2)c2ccc(-c3ccccc3[N+](=O)[O-])cc2-c2cccc(Br)c21. The minimum atomic E-state index is -0.374. The van der Waals surface area contributed by atoms with Gasteiger partial charge in [0, 0.05) is 16.0 Å². The highest BCUT2D eigenvalue weighted by Crippen LogP contribution is 2.55. The Kier molecular flexibility index (Phi) is 5.35. The summed E-state index contributed by atoms with van der Waals surface area (Å²) in [5, 5.41) is 11.7. The lowest BCUT2D eigenvalue weighted by molar-refractivity contribution is -0.384. The van der Waals surface area contributed by atoms with Crippen LogP contribution in [0.4, 0.5) is 5.69 Å². The van der Waals surface area contributed by atoms with E-state index in [1.165, 1.54) is 27.8 Å². The lowest BCUT2D eigenvalue weighted by Crippen LogP contribution is -2.22. The van der Waals surface area contributed by atoms with Crippen LogP contribution in [0.3, 0.4) is 0 Å². The van der Waals surface area contributed by atoms with Crippen LogP contribution in [0, 0.1) is 10.1 Å². The average molecular weight is 532 g/mol. The Morgan fingerprint density at radius 1 is 0.667 bits per heavy atom. The molecule has 5 aromatic rings. The second kappa shape index (κ2) is 8.58. The second-order valence-corrected chi connectivity index (χ2v) is 10.1. The molecule has 0 saturated heterocycles. The van der Waals surface area contributed by atoms with Crippen LogP contribution < -0.4 is 0 Å². The Balaban J connectivity index is 1.53. The zero-order chi connectivity index (χ0) is 24.9. The molecule has 3 nitrogen and oxygen atoms in total. The highest BCUT2D eigenvalue weighted by atomic mass is 79.9. The van der Waals surface area contributed by atoms with Gasteiger partial charge in [0.25, 0.3) is 5.69 Å². The third-order valence-electron chi connectivity index (χ3n) is 7.34. The van der Waals surface area contributed by atoms with Gasteiger partial charge in [0.15, 0.2) is 0 Å². The number of fused-ring (bicyclic) bond motifs is 3. The van der Waals surface area contributed by atoms with E-state index in [0.29, 0.717) is 5.56 Å². The second-order valence-electron chi connectivity index (χ2n) is 9.27.